The zero-order chi connectivity index (χ0) is 27.0. The van der Waals surface area contributed by atoms with E-state index in [4.69, 9.17) is 0 Å². The second kappa shape index (κ2) is 10.1. The van der Waals surface area contributed by atoms with Gasteiger partial charge in [0.05, 0.1) is 4.90 Å². The Bertz CT molecular complexity index is 1650. The fraction of sp³-hybridized carbons (Fsp3) is 0.241. The molecule has 1 aliphatic rings. The van der Waals surface area contributed by atoms with Crippen LogP contribution in [0.2, 0.25) is 0 Å². The molecule has 1 aliphatic carbocycles. The number of sulfone groups is 1. The van der Waals surface area contributed by atoms with E-state index in [0.29, 0.717) is 47.0 Å². The Morgan fingerprint density at radius 3 is 2.39 bits per heavy atom. The number of H-pyrrole nitrogens is 1. The molecule has 2 aromatic heterocycles. The number of aromatic hydroxyl groups is 1. The zero-order valence-corrected chi connectivity index (χ0v) is 21.9. The van der Waals surface area contributed by atoms with Gasteiger partial charge < -0.3 is 15.0 Å². The number of nitrogens with one attached hydrogen (secondary N) is 1. The van der Waals surface area contributed by atoms with E-state index in [1.807, 2.05) is 42.2 Å². The van der Waals surface area contributed by atoms with Crippen LogP contribution in [0.1, 0.15) is 31.0 Å². The van der Waals surface area contributed by atoms with Crippen molar-refractivity contribution in [2.75, 3.05) is 11.4 Å². The quantitative estimate of drug-likeness (QED) is 0.289. The van der Waals surface area contributed by atoms with Crippen molar-refractivity contribution >= 4 is 21.2 Å². The van der Waals surface area contributed by atoms with Gasteiger partial charge in [0.25, 0.3) is 5.56 Å². The average Bonchev–Trinajstić information content (AvgIpc) is 3.72. The lowest BCUT2D eigenvalue weighted by Gasteiger charge is -2.27. The second-order valence-corrected chi connectivity index (χ2v) is 11.4. The van der Waals surface area contributed by atoms with Gasteiger partial charge >= 0.3 is 0 Å². The number of para-hydroxylation sites is 1. The second-order valence-electron chi connectivity index (χ2n) is 9.49. The summed E-state index contributed by atoms with van der Waals surface area (Å²) >= 11 is 0. The summed E-state index contributed by atoms with van der Waals surface area (Å²) in [6.07, 6.45) is 3.93. The number of benzene rings is 2. The lowest BCUT2D eigenvalue weighted by Crippen LogP contribution is -2.25. The van der Waals surface area contributed by atoms with Gasteiger partial charge in [0, 0.05) is 29.7 Å². The van der Waals surface area contributed by atoms with E-state index in [0.717, 1.165) is 18.5 Å². The molecule has 1 saturated carbocycles. The number of hydrogen-bond donors (Lipinski definition) is 2. The van der Waals surface area contributed by atoms with E-state index >= 15 is 0 Å². The Labute approximate surface area is 220 Å². The number of rotatable bonds is 8. The first-order valence-corrected chi connectivity index (χ1v) is 14.0. The van der Waals surface area contributed by atoms with Crippen LogP contribution in [-0.2, 0) is 16.3 Å². The summed E-state index contributed by atoms with van der Waals surface area (Å²) in [4.78, 5) is 20.6. The van der Waals surface area contributed by atoms with Crippen LogP contribution in [0.15, 0.2) is 81.4 Å². The average molecular weight is 534 g/mol. The molecule has 9 heteroatoms. The Morgan fingerprint density at radius 2 is 1.76 bits per heavy atom. The van der Waals surface area contributed by atoms with Gasteiger partial charge in [0.15, 0.2) is 10.6 Å². The largest absolute Gasteiger partial charge is 0.504 e. The van der Waals surface area contributed by atoms with Crippen molar-refractivity contribution in [3.63, 3.8) is 0 Å². The molecule has 0 bridgehead atoms. The molecule has 196 valence electrons. The van der Waals surface area contributed by atoms with E-state index < -0.39 is 32.0 Å². The number of aromatic amines is 1. The number of anilines is 2. The predicted molar refractivity (Wildman–Crippen MR) is 144 cm³/mol. The number of halogens is 1. The smallest absolute Gasteiger partial charge is 0.271 e. The van der Waals surface area contributed by atoms with Crippen LogP contribution in [0.4, 0.5) is 15.8 Å². The molecule has 0 amide bonds. The van der Waals surface area contributed by atoms with Gasteiger partial charge in [-0.25, -0.2) is 13.4 Å². The van der Waals surface area contributed by atoms with Crippen LogP contribution in [-0.4, -0.2) is 30.0 Å². The zero-order valence-electron chi connectivity index (χ0n) is 21.1. The molecule has 2 heterocycles. The molecule has 0 aliphatic heterocycles. The van der Waals surface area contributed by atoms with E-state index in [1.54, 1.807) is 25.1 Å². The third-order valence-electron chi connectivity index (χ3n) is 6.93. The summed E-state index contributed by atoms with van der Waals surface area (Å²) in [5.74, 6) is -0.783. The molecule has 38 heavy (non-hydrogen) atoms. The predicted octanol–water partition coefficient (Wildman–Crippen LogP) is 5.53. The summed E-state index contributed by atoms with van der Waals surface area (Å²) in [6, 6.07) is 16.8. The first-order valence-electron chi connectivity index (χ1n) is 12.5. The van der Waals surface area contributed by atoms with Gasteiger partial charge in [-0.05, 0) is 80.5 Å². The fourth-order valence-corrected chi connectivity index (χ4v) is 6.12. The minimum absolute atomic E-state index is 0.155. The maximum absolute atomic E-state index is 13.9. The number of nitrogens with zero attached hydrogens (tertiary/aromatic N) is 2. The molecule has 4 aromatic rings. The van der Waals surface area contributed by atoms with Crippen molar-refractivity contribution in [2.24, 2.45) is 5.92 Å². The Hall–Kier alpha value is -3.98. The summed E-state index contributed by atoms with van der Waals surface area (Å²) in [5, 5.41) is 11.5. The van der Waals surface area contributed by atoms with E-state index in [-0.39, 0.29) is 4.90 Å². The maximum atomic E-state index is 13.9. The van der Waals surface area contributed by atoms with Gasteiger partial charge in [0.1, 0.15) is 5.69 Å². The van der Waals surface area contributed by atoms with Crippen LogP contribution >= 0.6 is 0 Å². The summed E-state index contributed by atoms with van der Waals surface area (Å²) in [5.41, 5.74) is 2.24. The number of hydrogen-bond acceptors (Lipinski definition) is 6. The van der Waals surface area contributed by atoms with Gasteiger partial charge in [-0.1, -0.05) is 30.3 Å². The van der Waals surface area contributed by atoms with Gasteiger partial charge in [-0.3, -0.25) is 4.79 Å². The van der Waals surface area contributed by atoms with Gasteiger partial charge in [0.2, 0.25) is 15.8 Å². The number of aromatic nitrogens is 2. The van der Waals surface area contributed by atoms with Crippen molar-refractivity contribution < 1.29 is 17.9 Å². The molecule has 5 rings (SSSR count). The molecule has 2 N–H and O–H groups in total. The normalized spacial score (nSPS) is 13.4. The highest BCUT2D eigenvalue weighted by Gasteiger charge is 2.33. The van der Waals surface area contributed by atoms with Crippen molar-refractivity contribution in [2.45, 2.75) is 42.9 Å². The molecule has 0 atom stereocenters. The fourth-order valence-electron chi connectivity index (χ4n) is 4.74. The third-order valence-corrected chi connectivity index (χ3v) is 8.74. The first-order chi connectivity index (χ1) is 18.2. The van der Waals surface area contributed by atoms with E-state index in [1.165, 1.54) is 18.3 Å². The highest BCUT2D eigenvalue weighted by atomic mass is 32.2. The molecular weight excluding hydrogens is 505 g/mol. The minimum atomic E-state index is -4.40. The van der Waals surface area contributed by atoms with Gasteiger partial charge in [-0.15, -0.1) is 0 Å². The van der Waals surface area contributed by atoms with Crippen molar-refractivity contribution in [1.82, 2.24) is 9.97 Å². The molecule has 0 unspecified atom stereocenters. The molecule has 7 nitrogen and oxygen atoms in total. The molecule has 2 aromatic carbocycles. The summed E-state index contributed by atoms with van der Waals surface area (Å²) in [6.45, 7) is 3.93. The topological polar surface area (TPSA) is 103 Å². The Balaban J connectivity index is 1.63. The standard InChI is InChI=1S/C29H28FN3O4S/c1-3-33(21-7-5-4-6-8-21)25-24(17-19-9-10-19)32-29(35)27(26(25)34)38(36,37)22-13-11-20(12-14-22)23-15-16-31-28(30)18(23)2/h4-8,11-16,19H,3,9-10,17H2,1-2H3,(H2,32,34,35). The monoisotopic (exact) mass is 533 g/mol. The third kappa shape index (κ3) is 4.69. The number of pyridine rings is 2. The van der Waals surface area contributed by atoms with Crippen LogP contribution in [0.25, 0.3) is 11.1 Å². The molecule has 0 spiro atoms. The highest BCUT2D eigenvalue weighted by Crippen LogP contribution is 2.43. The van der Waals surface area contributed by atoms with Gasteiger partial charge in [-0.2, -0.15) is 4.39 Å². The van der Waals surface area contributed by atoms with Crippen LogP contribution < -0.4 is 10.5 Å². The van der Waals surface area contributed by atoms with Crippen LogP contribution in [0.5, 0.6) is 5.75 Å². The van der Waals surface area contributed by atoms with Crippen molar-refractivity contribution in [3.05, 3.63) is 94.4 Å². The summed E-state index contributed by atoms with van der Waals surface area (Å²) < 4.78 is 41.4. The van der Waals surface area contributed by atoms with E-state index in [2.05, 4.69) is 9.97 Å². The van der Waals surface area contributed by atoms with Crippen LogP contribution in [0, 0.1) is 18.8 Å². The highest BCUT2D eigenvalue weighted by molar-refractivity contribution is 7.91. The minimum Gasteiger partial charge on any atom is -0.504 e. The molecule has 0 saturated heterocycles. The Kier molecular flexibility index (Phi) is 6.79. The van der Waals surface area contributed by atoms with Crippen molar-refractivity contribution in [3.8, 4) is 16.9 Å². The lowest BCUT2D eigenvalue weighted by atomic mass is 10.0. The molecular formula is C29H28FN3O4S. The van der Waals surface area contributed by atoms with E-state index in [9.17, 15) is 22.7 Å². The maximum Gasteiger partial charge on any atom is 0.271 e. The SMILES string of the molecule is CCN(c1ccccc1)c1c(CC2CC2)[nH]c(=O)c(S(=O)(=O)c2ccc(-c3ccnc(F)c3C)cc2)c1O. The molecule has 0 radical (unpaired) electrons. The lowest BCUT2D eigenvalue weighted by molar-refractivity contribution is 0.454. The summed E-state index contributed by atoms with van der Waals surface area (Å²) in [7, 11) is -4.40. The molecule has 1 fully saturated rings. The van der Waals surface area contributed by atoms with Crippen LogP contribution in [0.3, 0.4) is 0 Å². The Morgan fingerprint density at radius 1 is 1.08 bits per heavy atom. The first kappa shape index (κ1) is 25.7. The van der Waals surface area contributed by atoms with Crippen molar-refractivity contribution in [1.29, 1.82) is 0 Å².